The summed E-state index contributed by atoms with van der Waals surface area (Å²) in [4.78, 5) is 41.9. The molecular weight excluding hydrogens is 452 g/mol. The van der Waals surface area contributed by atoms with Gasteiger partial charge in [-0.05, 0) is 36.1 Å². The van der Waals surface area contributed by atoms with Crippen molar-refractivity contribution in [2.45, 2.75) is 39.3 Å². The highest BCUT2D eigenvalue weighted by Gasteiger charge is 2.34. The molecule has 1 atom stereocenters. The number of benzene rings is 2. The highest BCUT2D eigenvalue weighted by Crippen LogP contribution is 2.29. The maximum Gasteiger partial charge on any atom is 0.253 e. The van der Waals surface area contributed by atoms with E-state index in [0.717, 1.165) is 11.1 Å². The number of hydrogen-bond donors (Lipinski definition) is 3. The molecule has 0 saturated heterocycles. The number of anilines is 3. The van der Waals surface area contributed by atoms with Crippen molar-refractivity contribution in [3.8, 4) is 0 Å². The number of aromatic nitrogens is 1. The summed E-state index contributed by atoms with van der Waals surface area (Å²) in [5.74, 6) is -0.141. The molecule has 1 heterocycles. The van der Waals surface area contributed by atoms with Gasteiger partial charge in [-0.15, -0.1) is 0 Å². The molecule has 3 N–H and O–H groups in total. The number of aryl methyl sites for hydroxylation is 1. The molecule has 0 radical (unpaired) electrons. The van der Waals surface area contributed by atoms with Gasteiger partial charge in [0.15, 0.2) is 0 Å². The van der Waals surface area contributed by atoms with Gasteiger partial charge in [-0.3, -0.25) is 19.4 Å². The van der Waals surface area contributed by atoms with Crippen molar-refractivity contribution >= 4 is 23.0 Å². The molecule has 7 heteroatoms. The molecule has 0 aliphatic rings. The van der Waals surface area contributed by atoms with Crippen LogP contribution in [0.3, 0.4) is 0 Å². The van der Waals surface area contributed by atoms with Crippen LogP contribution < -0.4 is 26.8 Å². The molecular formula is C29H30N4O3. The van der Waals surface area contributed by atoms with Crippen LogP contribution in [0, 0.1) is 5.41 Å². The van der Waals surface area contributed by atoms with E-state index >= 15 is 0 Å². The molecule has 0 aliphatic heterocycles. The number of nitrogens with zero attached hydrogens (tertiary/aromatic N) is 1. The summed E-state index contributed by atoms with van der Waals surface area (Å²) in [5, 5.41) is 9.25. The predicted octanol–water partition coefficient (Wildman–Crippen LogP) is 4.18. The summed E-state index contributed by atoms with van der Waals surface area (Å²) in [5.41, 5.74) is 1.41. The fourth-order valence-corrected chi connectivity index (χ4v) is 4.16. The van der Waals surface area contributed by atoms with Crippen LogP contribution in [0.15, 0.2) is 94.8 Å². The van der Waals surface area contributed by atoms with Crippen molar-refractivity contribution in [1.29, 1.82) is 0 Å². The number of amides is 1. The molecule has 0 bridgehead atoms. The number of nitrogens with one attached hydrogen (secondary N) is 3. The Morgan fingerprint density at radius 3 is 2.14 bits per heavy atom. The Morgan fingerprint density at radius 2 is 1.50 bits per heavy atom. The van der Waals surface area contributed by atoms with E-state index in [1.54, 1.807) is 24.5 Å². The van der Waals surface area contributed by atoms with Gasteiger partial charge in [0.2, 0.25) is 5.91 Å². The lowest BCUT2D eigenvalue weighted by atomic mass is 9.82. The van der Waals surface area contributed by atoms with Crippen molar-refractivity contribution in [2.24, 2.45) is 5.41 Å². The second kappa shape index (κ2) is 11.0. The predicted molar refractivity (Wildman–Crippen MR) is 143 cm³/mol. The molecule has 184 valence electrons. The van der Waals surface area contributed by atoms with Crippen LogP contribution >= 0.6 is 0 Å². The van der Waals surface area contributed by atoms with Gasteiger partial charge in [-0.1, -0.05) is 74.5 Å². The lowest BCUT2D eigenvalue weighted by Crippen LogP contribution is -2.53. The summed E-state index contributed by atoms with van der Waals surface area (Å²) in [6, 6.07) is 23.3. The van der Waals surface area contributed by atoms with Gasteiger partial charge < -0.3 is 16.0 Å². The van der Waals surface area contributed by atoms with Crippen LogP contribution in [0.4, 0.5) is 17.1 Å². The topological polar surface area (TPSA) is 100 Å². The Bertz CT molecular complexity index is 1360. The maximum absolute atomic E-state index is 13.0. The number of rotatable bonds is 11. The van der Waals surface area contributed by atoms with Crippen LogP contribution in [0.5, 0.6) is 0 Å². The van der Waals surface area contributed by atoms with E-state index in [9.17, 15) is 14.4 Å². The van der Waals surface area contributed by atoms with Gasteiger partial charge >= 0.3 is 0 Å². The third-order valence-corrected chi connectivity index (χ3v) is 6.20. The van der Waals surface area contributed by atoms with E-state index in [-0.39, 0.29) is 17.3 Å². The van der Waals surface area contributed by atoms with Crippen LogP contribution in [-0.2, 0) is 17.6 Å². The summed E-state index contributed by atoms with van der Waals surface area (Å²) < 4.78 is 0. The van der Waals surface area contributed by atoms with Crippen molar-refractivity contribution in [2.75, 3.05) is 10.6 Å². The normalized spacial score (nSPS) is 12.2. The zero-order valence-corrected chi connectivity index (χ0v) is 20.5. The highest BCUT2D eigenvalue weighted by atomic mass is 16.2. The molecule has 36 heavy (non-hydrogen) atoms. The minimum Gasteiger partial charge on any atom is -0.360 e. The van der Waals surface area contributed by atoms with Gasteiger partial charge in [0.05, 0.1) is 11.9 Å². The molecule has 0 saturated carbocycles. The standard InChI is InChI=1S/C29H30N4O3/c1-29(2,18-21-12-7-4-8-13-21)28(32-23(34)16-15-20-10-5-3-6-11-20)33-25-24(26(35)27(25)36)31-22-14-9-17-30-19-22/h3-14,17,19,28,31,33H,15-16,18H2,1-2H3,(H,32,34). The fourth-order valence-electron chi connectivity index (χ4n) is 4.16. The first-order chi connectivity index (χ1) is 17.3. The van der Waals surface area contributed by atoms with E-state index in [2.05, 4.69) is 20.9 Å². The molecule has 1 aromatic heterocycles. The van der Waals surface area contributed by atoms with Crippen LogP contribution in [-0.4, -0.2) is 17.1 Å². The first-order valence-electron chi connectivity index (χ1n) is 12.0. The van der Waals surface area contributed by atoms with Crippen molar-refractivity contribution < 1.29 is 4.79 Å². The first-order valence-corrected chi connectivity index (χ1v) is 12.0. The molecule has 1 amide bonds. The fraction of sp³-hybridized carbons (Fsp3) is 0.241. The first kappa shape index (κ1) is 24.9. The second-order valence-electron chi connectivity index (χ2n) is 9.56. The van der Waals surface area contributed by atoms with Gasteiger partial charge in [0.1, 0.15) is 17.5 Å². The van der Waals surface area contributed by atoms with Crippen LogP contribution in [0.2, 0.25) is 0 Å². The molecule has 0 fully saturated rings. The van der Waals surface area contributed by atoms with E-state index in [1.807, 2.05) is 74.5 Å². The largest absolute Gasteiger partial charge is 0.360 e. The number of carbonyl (C=O) groups is 1. The summed E-state index contributed by atoms with van der Waals surface area (Å²) in [6.07, 6.45) is 4.15. The smallest absolute Gasteiger partial charge is 0.253 e. The zero-order chi connectivity index (χ0) is 25.5. The molecule has 3 aromatic carbocycles. The lowest BCUT2D eigenvalue weighted by Gasteiger charge is -2.37. The quantitative estimate of drug-likeness (QED) is 0.219. The molecule has 0 aliphatic carbocycles. The van der Waals surface area contributed by atoms with E-state index < -0.39 is 22.4 Å². The summed E-state index contributed by atoms with van der Waals surface area (Å²) in [7, 11) is 0. The number of carbonyl (C=O) groups excluding carboxylic acids is 1. The lowest BCUT2D eigenvalue weighted by molar-refractivity contribution is -0.122. The van der Waals surface area contributed by atoms with Crippen LogP contribution in [0.25, 0.3) is 0 Å². The highest BCUT2D eigenvalue weighted by molar-refractivity contribution is 5.80. The Morgan fingerprint density at radius 1 is 0.861 bits per heavy atom. The molecule has 1 unspecified atom stereocenters. The summed E-state index contributed by atoms with van der Waals surface area (Å²) in [6.45, 7) is 4.05. The van der Waals surface area contributed by atoms with Crippen LogP contribution in [0.1, 0.15) is 31.4 Å². The Labute approximate surface area is 210 Å². The van der Waals surface area contributed by atoms with Crippen molar-refractivity contribution in [3.05, 3.63) is 117 Å². The monoisotopic (exact) mass is 482 g/mol. The number of pyridine rings is 1. The minimum atomic E-state index is -0.611. The van der Waals surface area contributed by atoms with E-state index in [1.165, 1.54) is 0 Å². The van der Waals surface area contributed by atoms with Gasteiger partial charge in [-0.2, -0.15) is 0 Å². The summed E-state index contributed by atoms with van der Waals surface area (Å²) >= 11 is 0. The molecule has 4 rings (SSSR count). The average molecular weight is 483 g/mol. The van der Waals surface area contributed by atoms with Gasteiger partial charge in [0.25, 0.3) is 10.9 Å². The zero-order valence-electron chi connectivity index (χ0n) is 20.5. The minimum absolute atomic E-state index is 0.141. The average Bonchev–Trinajstić information content (AvgIpc) is 2.90. The Balaban J connectivity index is 1.55. The van der Waals surface area contributed by atoms with Gasteiger partial charge in [0, 0.05) is 18.0 Å². The van der Waals surface area contributed by atoms with Crippen molar-refractivity contribution in [3.63, 3.8) is 0 Å². The maximum atomic E-state index is 13.0. The van der Waals surface area contributed by atoms with Crippen molar-refractivity contribution in [1.82, 2.24) is 10.3 Å². The third-order valence-electron chi connectivity index (χ3n) is 6.20. The Kier molecular flexibility index (Phi) is 7.59. The van der Waals surface area contributed by atoms with E-state index in [0.29, 0.717) is 24.9 Å². The van der Waals surface area contributed by atoms with E-state index in [4.69, 9.17) is 0 Å². The van der Waals surface area contributed by atoms with Gasteiger partial charge in [-0.25, -0.2) is 0 Å². The third kappa shape index (κ3) is 6.05. The number of hydrogen-bond acceptors (Lipinski definition) is 6. The Hall–Kier alpha value is -4.26. The molecule has 7 nitrogen and oxygen atoms in total. The molecule has 0 spiro atoms. The molecule has 4 aromatic rings. The SMILES string of the molecule is CC(C)(Cc1ccccc1)C(NC(=O)CCc1ccccc1)Nc1c(Nc2cccnc2)c(=O)c1=O. The second-order valence-corrected chi connectivity index (χ2v) is 9.56.